The van der Waals surface area contributed by atoms with Crippen LogP contribution >= 0.6 is 23.1 Å². The van der Waals surface area contributed by atoms with Gasteiger partial charge in [0.1, 0.15) is 0 Å². The van der Waals surface area contributed by atoms with E-state index < -0.39 is 5.41 Å². The fourth-order valence-electron chi connectivity index (χ4n) is 12.0. The van der Waals surface area contributed by atoms with Crippen LogP contribution in [0.4, 0.5) is 17.1 Å². The highest BCUT2D eigenvalue weighted by Crippen LogP contribution is 2.64. The molecule has 0 fully saturated rings. The van der Waals surface area contributed by atoms with Crippen LogP contribution < -0.4 is 4.90 Å². The molecule has 1 aliphatic heterocycles. The van der Waals surface area contributed by atoms with Gasteiger partial charge in [0, 0.05) is 52.4 Å². The molecule has 316 valence electrons. The van der Waals surface area contributed by atoms with Crippen molar-refractivity contribution < 1.29 is 0 Å². The summed E-state index contributed by atoms with van der Waals surface area (Å²) >= 11 is 3.79. The van der Waals surface area contributed by atoms with Crippen LogP contribution in [0.2, 0.25) is 0 Å². The van der Waals surface area contributed by atoms with Crippen molar-refractivity contribution >= 4 is 60.3 Å². The number of thiophene rings is 1. The van der Waals surface area contributed by atoms with Gasteiger partial charge < -0.3 is 4.90 Å². The van der Waals surface area contributed by atoms with Crippen molar-refractivity contribution in [1.29, 1.82) is 0 Å². The summed E-state index contributed by atoms with van der Waals surface area (Å²) in [5, 5.41) is 2.65. The van der Waals surface area contributed by atoms with Gasteiger partial charge in [-0.05, 0) is 132 Å². The molecular formula is C64H43NS2. The largest absolute Gasteiger partial charge is 0.310 e. The van der Waals surface area contributed by atoms with E-state index in [1.54, 1.807) is 0 Å². The summed E-state index contributed by atoms with van der Waals surface area (Å²) in [6, 6.07) is 84.6. The van der Waals surface area contributed by atoms with E-state index in [1.165, 1.54) is 108 Å². The van der Waals surface area contributed by atoms with Crippen molar-refractivity contribution in [1.82, 2.24) is 0 Å². The molecule has 0 radical (unpaired) electrons. The van der Waals surface area contributed by atoms with Gasteiger partial charge in [0.15, 0.2) is 0 Å². The Hall–Kier alpha value is -7.43. The Morgan fingerprint density at radius 1 is 0.358 bits per heavy atom. The van der Waals surface area contributed by atoms with Crippen LogP contribution in [0.25, 0.3) is 64.7 Å². The Labute approximate surface area is 399 Å². The molecule has 0 unspecified atom stereocenters. The average molecular weight is 890 g/mol. The Bertz CT molecular complexity index is 3770. The molecule has 0 amide bonds. The Morgan fingerprint density at radius 2 is 0.910 bits per heavy atom. The van der Waals surface area contributed by atoms with E-state index in [9.17, 15) is 0 Å². The first-order valence-electron chi connectivity index (χ1n) is 23.2. The molecule has 67 heavy (non-hydrogen) atoms. The van der Waals surface area contributed by atoms with Crippen LogP contribution in [0.15, 0.2) is 234 Å². The molecule has 0 bridgehead atoms. The summed E-state index contributed by atoms with van der Waals surface area (Å²) in [7, 11) is 0. The normalized spacial score (nSPS) is 14.3. The summed E-state index contributed by atoms with van der Waals surface area (Å²) < 4.78 is 2.64. The zero-order valence-corrected chi connectivity index (χ0v) is 38.8. The maximum Gasteiger partial charge on any atom is 0.0736 e. The van der Waals surface area contributed by atoms with Gasteiger partial charge in [-0.1, -0.05) is 195 Å². The molecule has 0 atom stereocenters. The van der Waals surface area contributed by atoms with Gasteiger partial charge in [0.25, 0.3) is 0 Å². The third-order valence-corrected chi connectivity index (χ3v) is 17.3. The van der Waals surface area contributed by atoms with Gasteiger partial charge in [-0.15, -0.1) is 11.3 Å². The van der Waals surface area contributed by atoms with E-state index in [0.29, 0.717) is 0 Å². The van der Waals surface area contributed by atoms with Crippen LogP contribution in [0.1, 0.15) is 47.2 Å². The standard InChI is InChI=1S/C64H43NS2/c1-63(2)52-24-10-6-19-46(52)49-36-35-43(38-56(49)63)65(42-33-31-41(32-34-42)45-23-16-30-60-61(45)50-22-9-14-28-58(50)66-60)44-37-51(40-17-4-3-5-18-40)62-57(39-44)64(55-27-13-15-29-59(55)67-62)53-25-11-7-20-47(53)48-21-8-12-26-54(48)64/h3-39H,1-2H3. The minimum atomic E-state index is -0.539. The first-order chi connectivity index (χ1) is 33.0. The third kappa shape index (κ3) is 5.50. The van der Waals surface area contributed by atoms with Crippen molar-refractivity contribution in [2.75, 3.05) is 4.90 Å². The second-order valence-electron chi connectivity index (χ2n) is 18.7. The smallest absolute Gasteiger partial charge is 0.0736 e. The van der Waals surface area contributed by atoms with E-state index in [0.717, 1.165) is 17.1 Å². The number of rotatable bonds is 5. The van der Waals surface area contributed by atoms with Gasteiger partial charge >= 0.3 is 0 Å². The average Bonchev–Trinajstić information content (AvgIpc) is 3.99. The van der Waals surface area contributed by atoms with E-state index in [2.05, 4.69) is 243 Å². The molecule has 1 nitrogen and oxygen atoms in total. The molecule has 3 aliphatic rings. The lowest BCUT2D eigenvalue weighted by molar-refractivity contribution is 0.660. The SMILES string of the molecule is CC1(C)c2ccccc2-c2ccc(N(c3ccc(-c4cccc5sc6ccccc6c45)cc3)c3cc(-c4ccccc4)c4c(c3)C3(c5ccccc5S4)c4ccccc4-c4ccccc43)cc21. The summed E-state index contributed by atoms with van der Waals surface area (Å²) in [6.07, 6.45) is 0. The predicted molar refractivity (Wildman–Crippen MR) is 284 cm³/mol. The number of fused-ring (bicyclic) bond motifs is 15. The first-order valence-corrected chi connectivity index (χ1v) is 24.9. The highest BCUT2D eigenvalue weighted by atomic mass is 32.2. The number of anilines is 3. The van der Waals surface area contributed by atoms with Crippen LogP contribution in [0.3, 0.4) is 0 Å². The van der Waals surface area contributed by atoms with Crippen molar-refractivity contribution in [2.24, 2.45) is 0 Å². The van der Waals surface area contributed by atoms with Crippen molar-refractivity contribution in [3.05, 3.63) is 258 Å². The van der Waals surface area contributed by atoms with Crippen LogP contribution in [-0.4, -0.2) is 0 Å². The van der Waals surface area contributed by atoms with Crippen LogP contribution in [0.5, 0.6) is 0 Å². The summed E-state index contributed by atoms with van der Waals surface area (Å²) in [5.74, 6) is 0. The minimum absolute atomic E-state index is 0.161. The molecule has 0 saturated heterocycles. The number of nitrogens with zero attached hydrogens (tertiary/aromatic N) is 1. The monoisotopic (exact) mass is 889 g/mol. The van der Waals surface area contributed by atoms with E-state index in [4.69, 9.17) is 0 Å². The fraction of sp³-hybridized carbons (Fsp3) is 0.0625. The molecule has 1 aromatic heterocycles. The number of hydrogen-bond donors (Lipinski definition) is 0. The van der Waals surface area contributed by atoms with E-state index >= 15 is 0 Å². The van der Waals surface area contributed by atoms with Gasteiger partial charge in [0.05, 0.1) is 5.41 Å². The summed E-state index contributed by atoms with van der Waals surface area (Å²) in [6.45, 7) is 4.77. The molecule has 1 spiro atoms. The zero-order chi connectivity index (χ0) is 44.4. The maximum absolute atomic E-state index is 2.54. The molecule has 14 rings (SSSR count). The van der Waals surface area contributed by atoms with E-state index in [1.807, 2.05) is 23.1 Å². The molecular weight excluding hydrogens is 847 g/mol. The molecule has 0 saturated carbocycles. The predicted octanol–water partition coefficient (Wildman–Crippen LogP) is 18.0. The molecule has 2 heterocycles. The van der Waals surface area contributed by atoms with Crippen molar-refractivity contribution in [2.45, 2.75) is 34.5 Å². The van der Waals surface area contributed by atoms with Gasteiger partial charge in [-0.2, -0.15) is 0 Å². The highest BCUT2D eigenvalue weighted by Gasteiger charge is 2.51. The minimum Gasteiger partial charge on any atom is -0.310 e. The van der Waals surface area contributed by atoms with Gasteiger partial charge in [0.2, 0.25) is 0 Å². The Morgan fingerprint density at radius 3 is 1.67 bits per heavy atom. The maximum atomic E-state index is 2.54. The fourth-order valence-corrected chi connectivity index (χ4v) is 14.4. The summed E-state index contributed by atoms with van der Waals surface area (Å²) in [5.41, 5.74) is 20.9. The number of hydrogen-bond acceptors (Lipinski definition) is 3. The quantitative estimate of drug-likeness (QED) is 0.169. The van der Waals surface area contributed by atoms with Crippen LogP contribution in [0, 0.1) is 0 Å². The third-order valence-electron chi connectivity index (χ3n) is 14.9. The molecule has 0 N–H and O–H groups in total. The lowest BCUT2D eigenvalue weighted by Crippen LogP contribution is -2.32. The van der Waals surface area contributed by atoms with Gasteiger partial charge in [-0.3, -0.25) is 0 Å². The second kappa shape index (κ2) is 14.5. The molecule has 11 aromatic rings. The van der Waals surface area contributed by atoms with E-state index in [-0.39, 0.29) is 5.41 Å². The van der Waals surface area contributed by atoms with Crippen molar-refractivity contribution in [3.8, 4) is 44.5 Å². The molecule has 3 heteroatoms. The van der Waals surface area contributed by atoms with Gasteiger partial charge in [-0.25, -0.2) is 0 Å². The lowest BCUT2D eigenvalue weighted by Gasteiger charge is -2.41. The molecule has 2 aliphatic carbocycles. The number of benzene rings is 10. The highest BCUT2D eigenvalue weighted by molar-refractivity contribution is 7.99. The van der Waals surface area contributed by atoms with Crippen LogP contribution in [-0.2, 0) is 10.8 Å². The summed E-state index contributed by atoms with van der Waals surface area (Å²) in [4.78, 5) is 5.13. The first kappa shape index (κ1) is 38.8. The second-order valence-corrected chi connectivity index (χ2v) is 20.9. The van der Waals surface area contributed by atoms with Crippen molar-refractivity contribution in [3.63, 3.8) is 0 Å². The Kier molecular flexibility index (Phi) is 8.42. The zero-order valence-electron chi connectivity index (χ0n) is 37.1. The molecule has 10 aromatic carbocycles. The lowest BCUT2D eigenvalue weighted by atomic mass is 9.67. The Balaban J connectivity index is 1.05. The topological polar surface area (TPSA) is 3.24 Å².